The molecule has 0 saturated heterocycles. The summed E-state index contributed by atoms with van der Waals surface area (Å²) >= 11 is 11.1. The lowest BCUT2D eigenvalue weighted by atomic mass is 10.2. The van der Waals surface area contributed by atoms with Crippen LogP contribution in [0.25, 0.3) is 0 Å². The number of rotatable bonds is 2. The molecule has 14 heavy (non-hydrogen) atoms. The number of hydrogen-bond acceptors (Lipinski definition) is 3. The minimum absolute atomic E-state index is 0.0737. The third kappa shape index (κ3) is 1.91. The molecule has 1 rings (SSSR count). The second kappa shape index (κ2) is 4.48. The Bertz CT molecular complexity index is 382. The lowest BCUT2D eigenvalue weighted by Gasteiger charge is -2.06. The maximum absolute atomic E-state index is 13.5. The molecule has 0 aliphatic rings. The highest BCUT2D eigenvalue weighted by Gasteiger charge is 2.15. The SMILES string of the molecule is COc1c(Cl)ccc(/C(Cl)=N\O)c1F. The number of oxime groups is 1. The molecule has 1 N–H and O–H groups in total. The quantitative estimate of drug-likeness (QED) is 0.489. The Kier molecular flexibility index (Phi) is 3.55. The van der Waals surface area contributed by atoms with Crippen LogP contribution in [0.3, 0.4) is 0 Å². The van der Waals surface area contributed by atoms with Crippen LogP contribution in [0, 0.1) is 5.82 Å². The predicted molar refractivity (Wildman–Crippen MR) is 52.1 cm³/mol. The van der Waals surface area contributed by atoms with E-state index in [-0.39, 0.29) is 21.5 Å². The van der Waals surface area contributed by atoms with Gasteiger partial charge < -0.3 is 9.94 Å². The summed E-state index contributed by atoms with van der Waals surface area (Å²) in [7, 11) is 1.28. The van der Waals surface area contributed by atoms with Gasteiger partial charge in [-0.3, -0.25) is 0 Å². The first kappa shape index (κ1) is 11.1. The summed E-state index contributed by atoms with van der Waals surface area (Å²) in [4.78, 5) is 0. The molecule has 1 aromatic rings. The highest BCUT2D eigenvalue weighted by molar-refractivity contribution is 6.69. The van der Waals surface area contributed by atoms with E-state index in [1.54, 1.807) is 0 Å². The van der Waals surface area contributed by atoms with Gasteiger partial charge >= 0.3 is 0 Å². The topological polar surface area (TPSA) is 41.8 Å². The van der Waals surface area contributed by atoms with Gasteiger partial charge in [-0.1, -0.05) is 28.4 Å². The van der Waals surface area contributed by atoms with Crippen LogP contribution in [-0.4, -0.2) is 17.5 Å². The van der Waals surface area contributed by atoms with Gasteiger partial charge in [-0.05, 0) is 12.1 Å². The van der Waals surface area contributed by atoms with Crippen LogP contribution in [0.5, 0.6) is 5.75 Å². The van der Waals surface area contributed by atoms with E-state index in [1.807, 2.05) is 0 Å². The summed E-state index contributed by atoms with van der Waals surface area (Å²) < 4.78 is 18.2. The molecule has 0 aromatic heterocycles. The first-order valence-electron chi connectivity index (χ1n) is 3.51. The Morgan fingerprint density at radius 1 is 1.57 bits per heavy atom. The van der Waals surface area contributed by atoms with Crippen molar-refractivity contribution in [3.63, 3.8) is 0 Å². The molecule has 0 fully saturated rings. The number of methoxy groups -OCH3 is 1. The average Bonchev–Trinajstić information content (AvgIpc) is 2.18. The van der Waals surface area contributed by atoms with Crippen LogP contribution in [0.2, 0.25) is 5.02 Å². The van der Waals surface area contributed by atoms with Crippen LogP contribution < -0.4 is 4.74 Å². The lowest BCUT2D eigenvalue weighted by molar-refractivity contribution is 0.320. The maximum atomic E-state index is 13.5. The second-order valence-corrected chi connectivity index (χ2v) is 3.10. The van der Waals surface area contributed by atoms with Crippen LogP contribution in [0.1, 0.15) is 5.56 Å². The van der Waals surface area contributed by atoms with Crippen LogP contribution >= 0.6 is 23.2 Å². The summed E-state index contributed by atoms with van der Waals surface area (Å²) in [6.07, 6.45) is 0. The van der Waals surface area contributed by atoms with Gasteiger partial charge in [0.2, 0.25) is 0 Å². The lowest BCUT2D eigenvalue weighted by Crippen LogP contribution is -1.99. The van der Waals surface area contributed by atoms with Gasteiger partial charge in [0, 0.05) is 0 Å². The number of benzene rings is 1. The minimum Gasteiger partial charge on any atom is -0.492 e. The number of ether oxygens (including phenoxy) is 1. The van der Waals surface area contributed by atoms with Crippen molar-refractivity contribution in [3.05, 3.63) is 28.5 Å². The van der Waals surface area contributed by atoms with E-state index in [1.165, 1.54) is 19.2 Å². The molecule has 76 valence electrons. The molecule has 0 aliphatic carbocycles. The van der Waals surface area contributed by atoms with Crippen molar-refractivity contribution in [2.45, 2.75) is 0 Å². The largest absolute Gasteiger partial charge is 0.492 e. The van der Waals surface area contributed by atoms with Gasteiger partial charge in [-0.25, -0.2) is 4.39 Å². The van der Waals surface area contributed by atoms with Gasteiger partial charge in [-0.15, -0.1) is 0 Å². The Balaban J connectivity index is 3.35. The summed E-state index contributed by atoms with van der Waals surface area (Å²) in [6.45, 7) is 0. The van der Waals surface area contributed by atoms with Crippen molar-refractivity contribution in [1.82, 2.24) is 0 Å². The second-order valence-electron chi connectivity index (χ2n) is 2.33. The molecule has 0 heterocycles. The Labute approximate surface area is 89.7 Å². The molecule has 0 saturated carbocycles. The maximum Gasteiger partial charge on any atom is 0.178 e. The fourth-order valence-corrected chi connectivity index (χ4v) is 1.30. The van der Waals surface area contributed by atoms with E-state index in [0.717, 1.165) is 0 Å². The molecule has 3 nitrogen and oxygen atoms in total. The normalized spacial score (nSPS) is 11.6. The first-order chi connectivity index (χ1) is 6.61. The zero-order valence-corrected chi connectivity index (χ0v) is 8.60. The predicted octanol–water partition coefficient (Wildman–Crippen LogP) is 2.86. The van der Waals surface area contributed by atoms with Gasteiger partial charge in [0.1, 0.15) is 0 Å². The highest BCUT2D eigenvalue weighted by atomic mass is 35.5. The third-order valence-corrected chi connectivity index (χ3v) is 2.14. The third-order valence-electron chi connectivity index (χ3n) is 1.56. The number of nitrogens with zero attached hydrogens (tertiary/aromatic N) is 1. The molecular weight excluding hydrogens is 232 g/mol. The smallest absolute Gasteiger partial charge is 0.178 e. The minimum atomic E-state index is -0.761. The highest BCUT2D eigenvalue weighted by Crippen LogP contribution is 2.30. The standard InChI is InChI=1S/C8H6Cl2FNO2/c1-14-7-5(9)3-2-4(6(7)11)8(10)12-13/h2-3,13H,1H3/b12-8+. The van der Waals surface area contributed by atoms with E-state index in [2.05, 4.69) is 5.16 Å². The van der Waals surface area contributed by atoms with E-state index < -0.39 is 5.82 Å². The monoisotopic (exact) mass is 237 g/mol. The number of halogens is 3. The van der Waals surface area contributed by atoms with Crippen molar-refractivity contribution in [2.75, 3.05) is 7.11 Å². The van der Waals surface area contributed by atoms with Gasteiger partial charge in [0.15, 0.2) is 16.7 Å². The van der Waals surface area contributed by atoms with Crippen LogP contribution in [0.4, 0.5) is 4.39 Å². The van der Waals surface area contributed by atoms with Crippen molar-refractivity contribution in [3.8, 4) is 5.75 Å². The summed E-state index contributed by atoms with van der Waals surface area (Å²) in [5.74, 6) is -0.895. The van der Waals surface area contributed by atoms with Gasteiger partial charge in [0.05, 0.1) is 17.7 Å². The van der Waals surface area contributed by atoms with Gasteiger partial charge in [-0.2, -0.15) is 0 Å². The molecule has 1 aromatic carbocycles. The molecule has 0 spiro atoms. The molecule has 0 unspecified atom stereocenters. The Morgan fingerprint density at radius 3 is 2.71 bits per heavy atom. The fourth-order valence-electron chi connectivity index (χ4n) is 0.933. The molecule has 0 radical (unpaired) electrons. The fraction of sp³-hybridized carbons (Fsp3) is 0.125. The summed E-state index contributed by atoms with van der Waals surface area (Å²) in [5.41, 5.74) is -0.0737. The molecule has 0 amide bonds. The van der Waals surface area contributed by atoms with Crippen molar-refractivity contribution >= 4 is 28.4 Å². The summed E-state index contributed by atoms with van der Waals surface area (Å²) in [6, 6.07) is 2.69. The molecule has 0 aliphatic heterocycles. The van der Waals surface area contributed by atoms with Gasteiger partial charge in [0.25, 0.3) is 0 Å². The van der Waals surface area contributed by atoms with Crippen LogP contribution in [0.15, 0.2) is 17.3 Å². The number of hydrogen-bond donors (Lipinski definition) is 1. The van der Waals surface area contributed by atoms with E-state index in [0.29, 0.717) is 0 Å². The van der Waals surface area contributed by atoms with Crippen molar-refractivity contribution in [2.24, 2.45) is 5.16 Å². The van der Waals surface area contributed by atoms with Crippen LogP contribution in [-0.2, 0) is 0 Å². The zero-order chi connectivity index (χ0) is 10.7. The zero-order valence-electron chi connectivity index (χ0n) is 7.09. The molecule has 6 heteroatoms. The van der Waals surface area contributed by atoms with Crippen molar-refractivity contribution < 1.29 is 14.3 Å². The first-order valence-corrected chi connectivity index (χ1v) is 4.27. The molecule has 0 atom stereocenters. The average molecular weight is 238 g/mol. The Morgan fingerprint density at radius 2 is 2.21 bits per heavy atom. The summed E-state index contributed by atoms with van der Waals surface area (Å²) in [5, 5.41) is 10.8. The Hall–Kier alpha value is -1.00. The molecule has 0 bridgehead atoms. The van der Waals surface area contributed by atoms with Crippen molar-refractivity contribution in [1.29, 1.82) is 0 Å². The molecular formula is C8H6Cl2FNO2. The van der Waals surface area contributed by atoms with E-state index >= 15 is 0 Å². The van der Waals surface area contributed by atoms with E-state index in [9.17, 15) is 4.39 Å². The van der Waals surface area contributed by atoms with E-state index in [4.69, 9.17) is 33.1 Å².